The monoisotopic (exact) mass is 434 g/mol. The second kappa shape index (κ2) is 11.8. The minimum Gasteiger partial charge on any atom is -0.402 e. The molecule has 0 unspecified atom stereocenters. The van der Waals surface area contributed by atoms with Crippen LogP contribution in [0.1, 0.15) is 57.9 Å². The van der Waals surface area contributed by atoms with Crippen molar-refractivity contribution in [3.05, 3.63) is 90.5 Å². The van der Waals surface area contributed by atoms with Gasteiger partial charge in [0.05, 0.1) is 0 Å². The first-order valence-electron chi connectivity index (χ1n) is 11.4. The summed E-state index contributed by atoms with van der Waals surface area (Å²) in [5, 5.41) is 0. The third-order valence-corrected chi connectivity index (χ3v) is 8.76. The Morgan fingerprint density at radius 1 is 0.677 bits per heavy atom. The van der Waals surface area contributed by atoms with Gasteiger partial charge >= 0.3 is 5.97 Å². The molecule has 0 amide bonds. The first kappa shape index (κ1) is 23.1. The summed E-state index contributed by atoms with van der Waals surface area (Å²) in [5.41, 5.74) is 1.34. The highest BCUT2D eigenvalue weighted by Gasteiger charge is 2.34. The quantitative estimate of drug-likeness (QED) is 0.283. The molecule has 0 spiro atoms. The molecule has 0 aliphatic carbocycles. The van der Waals surface area contributed by atoms with Crippen molar-refractivity contribution < 1.29 is 8.98 Å². The van der Waals surface area contributed by atoms with Gasteiger partial charge in [-0.3, -0.25) is 4.79 Å². The van der Waals surface area contributed by atoms with Gasteiger partial charge in [-0.25, -0.2) is 0 Å². The molecule has 0 bridgehead atoms. The zero-order valence-corrected chi connectivity index (χ0v) is 19.6. The average Bonchev–Trinajstić information content (AvgIpc) is 2.81. The molecule has 0 saturated carbocycles. The maximum atomic E-state index is 12.3. The molecular formula is C28H34O2S. The van der Waals surface area contributed by atoms with Gasteiger partial charge in [0.1, 0.15) is 0 Å². The van der Waals surface area contributed by atoms with Crippen LogP contribution in [0.2, 0.25) is 0 Å². The number of hydrogen-bond acceptors (Lipinski definition) is 2. The summed E-state index contributed by atoms with van der Waals surface area (Å²) >= 11 is 0. The minimum absolute atomic E-state index is 0.265. The molecule has 0 fully saturated rings. The fourth-order valence-electron chi connectivity index (χ4n) is 3.91. The van der Waals surface area contributed by atoms with Crippen molar-refractivity contribution in [1.82, 2.24) is 0 Å². The molecule has 0 aliphatic heterocycles. The van der Waals surface area contributed by atoms with Crippen LogP contribution in [0.3, 0.4) is 0 Å². The second-order valence-corrected chi connectivity index (χ2v) is 10.6. The van der Waals surface area contributed by atoms with Crippen LogP contribution >= 0.6 is 10.3 Å². The predicted octanol–water partition coefficient (Wildman–Crippen LogP) is 8.35. The van der Waals surface area contributed by atoms with Crippen molar-refractivity contribution >= 4 is 16.3 Å². The number of benzene rings is 3. The Kier molecular flexibility index (Phi) is 8.78. The Balaban J connectivity index is 1.90. The summed E-state index contributed by atoms with van der Waals surface area (Å²) in [4.78, 5) is 15.4. The molecule has 0 N–H and O–H groups in total. The largest absolute Gasteiger partial charge is 0.402 e. The van der Waals surface area contributed by atoms with E-state index in [0.29, 0.717) is 0 Å². The molecule has 3 heteroatoms. The molecule has 31 heavy (non-hydrogen) atoms. The number of aryl methyl sites for hydroxylation is 1. The Bertz CT molecular complexity index is 881. The van der Waals surface area contributed by atoms with E-state index >= 15 is 0 Å². The van der Waals surface area contributed by atoms with Crippen LogP contribution in [-0.2, 0) is 15.4 Å². The van der Waals surface area contributed by atoms with Gasteiger partial charge in [0.2, 0.25) is 0 Å². The van der Waals surface area contributed by atoms with Gasteiger partial charge in [-0.1, -0.05) is 87.6 Å². The van der Waals surface area contributed by atoms with Crippen LogP contribution in [0.15, 0.2) is 99.6 Å². The fourth-order valence-corrected chi connectivity index (χ4v) is 6.97. The average molecular weight is 435 g/mol. The zero-order chi connectivity index (χ0) is 21.9. The van der Waals surface area contributed by atoms with Crippen LogP contribution < -0.4 is 0 Å². The molecule has 3 aromatic carbocycles. The smallest absolute Gasteiger partial charge is 0.313 e. The molecule has 0 aliphatic rings. The van der Waals surface area contributed by atoms with E-state index in [-0.39, 0.29) is 5.97 Å². The summed E-state index contributed by atoms with van der Waals surface area (Å²) in [5.74, 6) is -0.265. The summed E-state index contributed by atoms with van der Waals surface area (Å²) < 4.78 is 6.22. The molecular weight excluding hydrogens is 400 g/mol. The second-order valence-electron chi connectivity index (χ2n) is 7.92. The van der Waals surface area contributed by atoms with Gasteiger partial charge < -0.3 is 4.18 Å². The summed E-state index contributed by atoms with van der Waals surface area (Å²) in [6, 6.07) is 29.0. The van der Waals surface area contributed by atoms with E-state index in [4.69, 9.17) is 4.18 Å². The van der Waals surface area contributed by atoms with Gasteiger partial charge in [0, 0.05) is 21.6 Å². The summed E-state index contributed by atoms with van der Waals surface area (Å²) in [7, 11) is -2.13. The van der Waals surface area contributed by atoms with Crippen LogP contribution in [0.4, 0.5) is 0 Å². The Morgan fingerprint density at radius 3 is 1.68 bits per heavy atom. The number of rotatable bonds is 11. The zero-order valence-electron chi connectivity index (χ0n) is 18.8. The molecule has 0 saturated heterocycles. The van der Waals surface area contributed by atoms with Crippen LogP contribution in [0.5, 0.6) is 0 Å². The Labute approximate surface area is 189 Å². The van der Waals surface area contributed by atoms with Crippen LogP contribution in [0.25, 0.3) is 0 Å². The molecule has 3 rings (SSSR count). The van der Waals surface area contributed by atoms with Crippen molar-refractivity contribution in [3.63, 3.8) is 0 Å². The van der Waals surface area contributed by atoms with Gasteiger partial charge in [-0.05, 0) is 65.1 Å². The first-order valence-corrected chi connectivity index (χ1v) is 12.9. The van der Waals surface area contributed by atoms with Crippen molar-refractivity contribution in [2.75, 3.05) is 0 Å². The van der Waals surface area contributed by atoms with E-state index in [9.17, 15) is 4.79 Å². The maximum absolute atomic E-state index is 12.3. The third-order valence-electron chi connectivity index (χ3n) is 5.47. The fraction of sp³-hybridized carbons (Fsp3) is 0.321. The first-order chi connectivity index (χ1) is 15.2. The third kappa shape index (κ3) is 6.01. The molecule has 0 radical (unpaired) electrons. The van der Waals surface area contributed by atoms with Crippen molar-refractivity contribution in [1.29, 1.82) is 0 Å². The van der Waals surface area contributed by atoms with E-state index in [0.717, 1.165) is 21.1 Å². The normalized spacial score (nSPS) is 11.8. The minimum atomic E-state index is -2.13. The summed E-state index contributed by atoms with van der Waals surface area (Å²) in [6.45, 7) is 3.75. The highest BCUT2D eigenvalue weighted by molar-refractivity contribution is 8.30. The number of hydrogen-bond donors (Lipinski definition) is 0. The summed E-state index contributed by atoms with van der Waals surface area (Å²) in [6.07, 6.45) is 8.91. The number of unbranched alkanes of at least 4 members (excludes halogenated alkanes) is 5. The Morgan fingerprint density at radius 2 is 1.16 bits per heavy atom. The Hall–Kier alpha value is -2.52. The van der Waals surface area contributed by atoms with E-state index in [1.54, 1.807) is 0 Å². The van der Waals surface area contributed by atoms with E-state index in [1.165, 1.54) is 51.0 Å². The molecule has 0 atom stereocenters. The van der Waals surface area contributed by atoms with Crippen molar-refractivity contribution in [2.45, 2.75) is 73.5 Å². The number of carbonyl (C=O) groups is 1. The lowest BCUT2D eigenvalue weighted by Crippen LogP contribution is -2.11. The van der Waals surface area contributed by atoms with Crippen molar-refractivity contribution in [3.8, 4) is 0 Å². The topological polar surface area (TPSA) is 26.3 Å². The van der Waals surface area contributed by atoms with E-state index in [1.807, 2.05) is 36.4 Å². The molecule has 164 valence electrons. The lowest BCUT2D eigenvalue weighted by molar-refractivity contribution is -0.131. The predicted molar refractivity (Wildman–Crippen MR) is 131 cm³/mol. The van der Waals surface area contributed by atoms with Gasteiger partial charge in [0.25, 0.3) is 0 Å². The van der Waals surface area contributed by atoms with Crippen molar-refractivity contribution in [2.24, 2.45) is 0 Å². The maximum Gasteiger partial charge on any atom is 0.313 e. The van der Waals surface area contributed by atoms with Crippen LogP contribution in [-0.4, -0.2) is 5.97 Å². The number of carbonyl (C=O) groups excluding carboxylic acids is 1. The van der Waals surface area contributed by atoms with Crippen LogP contribution in [0, 0.1) is 0 Å². The lowest BCUT2D eigenvalue weighted by atomic mass is 10.1. The highest BCUT2D eigenvalue weighted by Crippen LogP contribution is 2.69. The van der Waals surface area contributed by atoms with E-state index in [2.05, 4.69) is 55.5 Å². The van der Waals surface area contributed by atoms with Gasteiger partial charge in [-0.2, -0.15) is 0 Å². The van der Waals surface area contributed by atoms with Gasteiger partial charge in [0.15, 0.2) is 0 Å². The van der Waals surface area contributed by atoms with E-state index < -0.39 is 10.3 Å². The molecule has 2 nitrogen and oxygen atoms in total. The standard InChI is InChI=1S/C28H34O2S/c1-3-4-5-6-7-10-15-25-20-22-28(23-21-25)31(30-24(2)29,26-16-11-8-12-17-26)27-18-13-9-14-19-27/h8-9,11-14,16-23H,3-7,10,15H2,1-2H3. The van der Waals surface area contributed by atoms with Gasteiger partial charge in [-0.15, -0.1) is 0 Å². The molecule has 3 aromatic rings. The lowest BCUT2D eigenvalue weighted by Gasteiger charge is -2.39. The highest BCUT2D eigenvalue weighted by atomic mass is 32.3. The SMILES string of the molecule is CCCCCCCCc1ccc(S(OC(C)=O)(c2ccccc2)c2ccccc2)cc1. The molecule has 0 aromatic heterocycles. The molecule has 0 heterocycles.